The van der Waals surface area contributed by atoms with Gasteiger partial charge in [0.15, 0.2) is 0 Å². The summed E-state index contributed by atoms with van der Waals surface area (Å²) < 4.78 is 28.6. The van der Waals surface area contributed by atoms with Gasteiger partial charge in [-0.2, -0.15) is 0 Å². The fourth-order valence-corrected chi connectivity index (χ4v) is 6.41. The molecule has 0 radical (unpaired) electrons. The van der Waals surface area contributed by atoms with E-state index < -0.39 is 15.3 Å². The lowest BCUT2D eigenvalue weighted by Gasteiger charge is -2.33. The molecule has 28 heavy (non-hydrogen) atoms. The van der Waals surface area contributed by atoms with Crippen molar-refractivity contribution in [1.82, 2.24) is 14.6 Å². The van der Waals surface area contributed by atoms with Gasteiger partial charge in [-0.1, -0.05) is 12.8 Å². The Morgan fingerprint density at radius 2 is 1.79 bits per heavy atom. The van der Waals surface area contributed by atoms with E-state index in [1.807, 2.05) is 6.07 Å². The van der Waals surface area contributed by atoms with Gasteiger partial charge in [0.05, 0.1) is 10.8 Å². The molecule has 1 aromatic heterocycles. The molecule has 2 saturated heterocycles. The van der Waals surface area contributed by atoms with Crippen LogP contribution in [0.25, 0.3) is 0 Å². The Kier molecular flexibility index (Phi) is 5.87. The summed E-state index contributed by atoms with van der Waals surface area (Å²) in [5, 5.41) is -0.530. The number of carbonyl (C=O) groups is 1. The second-order valence-corrected chi connectivity index (χ2v) is 10.2. The Balaban J connectivity index is 1.48. The number of likely N-dealkylation sites (tertiary alicyclic amines) is 1. The van der Waals surface area contributed by atoms with Crippen molar-refractivity contribution in [3.05, 3.63) is 23.9 Å². The van der Waals surface area contributed by atoms with Gasteiger partial charge in [0.25, 0.3) is 5.91 Å². The number of amides is 1. The standard InChI is InChI=1S/C20H30N4O3S/c25-20(18-10-5-11-21-19(18)23-12-3-4-13-23)24-14-6-9-17(15-24)28(26,27)22-16-7-1-2-8-16/h5,10-11,16-17,22H,1-4,6-9,12-15H2/t17-/m0/s1. The molecule has 0 aromatic carbocycles. The predicted molar refractivity (Wildman–Crippen MR) is 109 cm³/mol. The third-order valence-electron chi connectivity index (χ3n) is 6.21. The minimum atomic E-state index is -3.41. The van der Waals surface area contributed by atoms with Gasteiger partial charge in [0.1, 0.15) is 5.82 Å². The Labute approximate surface area is 167 Å². The van der Waals surface area contributed by atoms with Crippen LogP contribution in [0, 0.1) is 0 Å². The molecule has 1 amide bonds. The molecule has 0 unspecified atom stereocenters. The van der Waals surface area contributed by atoms with Gasteiger partial charge in [-0.25, -0.2) is 18.1 Å². The lowest BCUT2D eigenvalue weighted by molar-refractivity contribution is 0.0727. The van der Waals surface area contributed by atoms with E-state index in [4.69, 9.17) is 0 Å². The zero-order valence-corrected chi connectivity index (χ0v) is 17.2. The molecule has 3 heterocycles. The van der Waals surface area contributed by atoms with E-state index in [-0.39, 0.29) is 18.5 Å². The maximum atomic E-state index is 13.2. The van der Waals surface area contributed by atoms with E-state index in [0.29, 0.717) is 24.9 Å². The van der Waals surface area contributed by atoms with Crippen LogP contribution in [0.1, 0.15) is 61.7 Å². The highest BCUT2D eigenvalue weighted by Crippen LogP contribution is 2.26. The second kappa shape index (κ2) is 8.37. The lowest BCUT2D eigenvalue weighted by atomic mass is 10.1. The van der Waals surface area contributed by atoms with Crippen LogP contribution in [0.2, 0.25) is 0 Å². The van der Waals surface area contributed by atoms with Crippen molar-refractivity contribution in [2.45, 2.75) is 62.7 Å². The average molecular weight is 407 g/mol. The number of nitrogens with zero attached hydrogens (tertiary/aromatic N) is 3. The van der Waals surface area contributed by atoms with Crippen LogP contribution in [0.3, 0.4) is 0 Å². The van der Waals surface area contributed by atoms with E-state index in [0.717, 1.165) is 57.4 Å². The van der Waals surface area contributed by atoms with E-state index in [1.54, 1.807) is 17.2 Å². The number of pyridine rings is 1. The first-order valence-electron chi connectivity index (χ1n) is 10.5. The number of nitrogens with one attached hydrogen (secondary N) is 1. The number of hydrogen-bond donors (Lipinski definition) is 1. The van der Waals surface area contributed by atoms with Crippen LogP contribution in [0.4, 0.5) is 5.82 Å². The number of piperidine rings is 1. The molecular weight excluding hydrogens is 376 g/mol. The van der Waals surface area contributed by atoms with Crippen molar-refractivity contribution >= 4 is 21.7 Å². The zero-order chi connectivity index (χ0) is 19.6. The molecule has 7 nitrogen and oxygen atoms in total. The summed E-state index contributed by atoms with van der Waals surface area (Å²) in [6.45, 7) is 2.69. The number of anilines is 1. The Bertz CT molecular complexity index is 801. The van der Waals surface area contributed by atoms with E-state index in [9.17, 15) is 13.2 Å². The molecule has 3 fully saturated rings. The Hall–Kier alpha value is -1.67. The largest absolute Gasteiger partial charge is 0.356 e. The lowest BCUT2D eigenvalue weighted by Crippen LogP contribution is -2.50. The Morgan fingerprint density at radius 1 is 1.04 bits per heavy atom. The van der Waals surface area contributed by atoms with Crippen molar-refractivity contribution in [2.24, 2.45) is 0 Å². The summed E-state index contributed by atoms with van der Waals surface area (Å²) in [5.41, 5.74) is 0.589. The number of rotatable bonds is 5. The summed E-state index contributed by atoms with van der Waals surface area (Å²) in [4.78, 5) is 21.6. The van der Waals surface area contributed by atoms with Crippen LogP contribution in [-0.4, -0.2) is 61.7 Å². The smallest absolute Gasteiger partial charge is 0.257 e. The molecular formula is C20H30N4O3S. The molecule has 2 aliphatic heterocycles. The average Bonchev–Trinajstić information content (AvgIpc) is 3.41. The van der Waals surface area contributed by atoms with Crippen molar-refractivity contribution in [1.29, 1.82) is 0 Å². The first-order chi connectivity index (χ1) is 13.5. The summed E-state index contributed by atoms with van der Waals surface area (Å²) in [6.07, 6.45) is 9.28. The Morgan fingerprint density at radius 3 is 2.54 bits per heavy atom. The molecule has 1 N–H and O–H groups in total. The predicted octanol–water partition coefficient (Wildman–Crippen LogP) is 2.15. The number of hydrogen-bond acceptors (Lipinski definition) is 5. The maximum Gasteiger partial charge on any atom is 0.257 e. The van der Waals surface area contributed by atoms with E-state index in [2.05, 4.69) is 14.6 Å². The van der Waals surface area contributed by atoms with Crippen molar-refractivity contribution in [3.8, 4) is 0 Å². The highest BCUT2D eigenvalue weighted by molar-refractivity contribution is 7.90. The second-order valence-electron chi connectivity index (χ2n) is 8.23. The first kappa shape index (κ1) is 19.6. The van der Waals surface area contributed by atoms with Crippen molar-refractivity contribution in [3.63, 3.8) is 0 Å². The van der Waals surface area contributed by atoms with Gasteiger partial charge in [-0.3, -0.25) is 4.79 Å². The van der Waals surface area contributed by atoms with Gasteiger partial charge < -0.3 is 9.80 Å². The van der Waals surface area contributed by atoms with Crippen molar-refractivity contribution < 1.29 is 13.2 Å². The molecule has 0 spiro atoms. The maximum absolute atomic E-state index is 13.2. The third-order valence-corrected chi connectivity index (χ3v) is 8.14. The molecule has 1 aliphatic carbocycles. The van der Waals surface area contributed by atoms with E-state index in [1.165, 1.54) is 0 Å². The van der Waals surface area contributed by atoms with Gasteiger partial charge in [-0.05, 0) is 50.7 Å². The van der Waals surface area contributed by atoms with Gasteiger partial charge >= 0.3 is 0 Å². The van der Waals surface area contributed by atoms with Gasteiger partial charge in [-0.15, -0.1) is 0 Å². The van der Waals surface area contributed by atoms with Gasteiger partial charge in [0, 0.05) is 38.4 Å². The SMILES string of the molecule is O=C(c1cccnc1N1CCCC1)N1CCC[C@H](S(=O)(=O)NC2CCCC2)C1. The molecule has 0 bridgehead atoms. The topological polar surface area (TPSA) is 82.6 Å². The highest BCUT2D eigenvalue weighted by atomic mass is 32.2. The van der Waals surface area contributed by atoms with E-state index >= 15 is 0 Å². The molecule has 1 aromatic rings. The number of carbonyl (C=O) groups excluding carboxylic acids is 1. The van der Waals surface area contributed by atoms with Crippen LogP contribution in [0.5, 0.6) is 0 Å². The quantitative estimate of drug-likeness (QED) is 0.810. The summed E-state index contributed by atoms with van der Waals surface area (Å²) in [5.74, 6) is 0.634. The van der Waals surface area contributed by atoms with Crippen LogP contribution in [0.15, 0.2) is 18.3 Å². The third kappa shape index (κ3) is 4.17. The fourth-order valence-electron chi connectivity index (χ4n) is 4.66. The highest BCUT2D eigenvalue weighted by Gasteiger charge is 2.35. The molecule has 1 atom stereocenters. The summed E-state index contributed by atoms with van der Waals surface area (Å²) >= 11 is 0. The number of sulfonamides is 1. The van der Waals surface area contributed by atoms with Gasteiger partial charge in [0.2, 0.25) is 10.0 Å². The fraction of sp³-hybridized carbons (Fsp3) is 0.700. The molecule has 4 rings (SSSR count). The summed E-state index contributed by atoms with van der Waals surface area (Å²) in [6, 6.07) is 3.67. The number of aromatic nitrogens is 1. The normalized spacial score (nSPS) is 24.1. The zero-order valence-electron chi connectivity index (χ0n) is 16.3. The minimum absolute atomic E-state index is 0.0659. The van der Waals surface area contributed by atoms with Crippen molar-refractivity contribution in [2.75, 3.05) is 31.1 Å². The molecule has 3 aliphatic rings. The van der Waals surface area contributed by atoms with Crippen LogP contribution < -0.4 is 9.62 Å². The van der Waals surface area contributed by atoms with Crippen LogP contribution in [-0.2, 0) is 10.0 Å². The first-order valence-corrected chi connectivity index (χ1v) is 12.1. The molecule has 8 heteroatoms. The van der Waals surface area contributed by atoms with Crippen LogP contribution >= 0.6 is 0 Å². The summed E-state index contributed by atoms with van der Waals surface area (Å²) in [7, 11) is -3.41. The minimum Gasteiger partial charge on any atom is -0.356 e. The molecule has 1 saturated carbocycles. The molecule has 154 valence electrons. The monoisotopic (exact) mass is 406 g/mol.